The SMILES string of the molecule is CC(C)N(C(C)C)P(=O)(CCC#N)OCCCCCCN1C(=CC=C2CCCC(C=CC3=[N+](C)c4ccccc4C3(C)C)=C2Oc2ccc(S(=O)(=O)[O-])cc2)C(C)(C)c2c1ccc1ccccc21.C[N+]1=C(C=CC2=C(Oc3ccc(S(=O)(=O)[O-])cc3)C(=CC=C3N(CCCCCCO)c4ccc5ccccc5c4C3(C)C)CCC2)C(C)(C)c2ccccc21.[Na+].[Na+]. The van der Waals surface area contributed by atoms with Gasteiger partial charge in [0.25, 0.3) is 7.52 Å². The Morgan fingerprint density at radius 1 is 0.504 bits per heavy atom. The van der Waals surface area contributed by atoms with Gasteiger partial charge in [0.15, 0.2) is 11.4 Å². The van der Waals surface area contributed by atoms with Gasteiger partial charge in [-0.05, 0) is 260 Å². The van der Waals surface area contributed by atoms with E-state index >= 15 is 0 Å². The number of hydrogen-bond donors (Lipinski definition) is 1. The number of nitriles is 1. The predicted octanol–water partition coefficient (Wildman–Crippen LogP) is 17.2. The molecule has 1 atom stereocenters. The van der Waals surface area contributed by atoms with Crippen LogP contribution < -0.4 is 78.4 Å². The smallest absolute Gasteiger partial charge is 0.744 e. The van der Waals surface area contributed by atoms with Crippen molar-refractivity contribution in [3.8, 4) is 17.6 Å². The van der Waals surface area contributed by atoms with E-state index < -0.39 is 27.8 Å². The van der Waals surface area contributed by atoms with E-state index in [0.717, 1.165) is 137 Å². The Morgan fingerprint density at radius 2 is 0.896 bits per heavy atom. The zero-order valence-corrected chi connectivity index (χ0v) is 82.6. The molecule has 8 aromatic rings. The van der Waals surface area contributed by atoms with Gasteiger partial charge in [-0.25, -0.2) is 21.5 Å². The van der Waals surface area contributed by atoms with Gasteiger partial charge >= 0.3 is 59.1 Å². The average Bonchev–Trinajstić information content (AvgIpc) is 1.59. The number of anilines is 2. The molecule has 2 aliphatic carbocycles. The fourth-order valence-corrected chi connectivity index (χ4v) is 23.2. The fourth-order valence-electron chi connectivity index (χ4n) is 19.6. The Bertz CT molecular complexity index is 6000. The molecular formula is C103H121N6Na2O11PS2+2. The topological polar surface area (TPSA) is 219 Å². The van der Waals surface area contributed by atoms with Crippen molar-refractivity contribution in [1.82, 2.24) is 4.67 Å². The van der Waals surface area contributed by atoms with Crippen molar-refractivity contribution in [1.29, 1.82) is 5.26 Å². The van der Waals surface area contributed by atoms with Crippen molar-refractivity contribution in [3.05, 3.63) is 286 Å². The number of ether oxygens (including phenoxy) is 2. The largest absolute Gasteiger partial charge is 1.00 e. The Kier molecular flexibility index (Phi) is 32.3. The molecule has 125 heavy (non-hydrogen) atoms. The number of benzene rings is 8. The number of aliphatic hydroxyl groups excluding tert-OH is 1. The summed E-state index contributed by atoms with van der Waals surface area (Å²) in [5.41, 5.74) is 18.0. The third-order valence-corrected chi connectivity index (χ3v) is 30.3. The van der Waals surface area contributed by atoms with Crippen molar-refractivity contribution >= 4 is 83.5 Å². The van der Waals surface area contributed by atoms with Gasteiger partial charge in [0.05, 0.1) is 39.5 Å². The van der Waals surface area contributed by atoms with Crippen LogP contribution in [0.1, 0.15) is 202 Å². The molecule has 22 heteroatoms. The van der Waals surface area contributed by atoms with E-state index in [9.17, 15) is 40.9 Å². The number of fused-ring (bicyclic) bond motifs is 8. The normalized spacial score (nSPS) is 18.8. The zero-order chi connectivity index (χ0) is 88.0. The second-order valence-electron chi connectivity index (χ2n) is 35.9. The molecule has 6 aliphatic rings. The molecule has 0 saturated carbocycles. The van der Waals surface area contributed by atoms with E-state index in [2.05, 4.69) is 264 Å². The number of unbranched alkanes of at least 4 members (excludes halogenated alkanes) is 6. The van der Waals surface area contributed by atoms with Crippen LogP contribution in [0, 0.1) is 11.3 Å². The molecule has 0 radical (unpaired) electrons. The van der Waals surface area contributed by atoms with Crippen molar-refractivity contribution < 1.29 is 118 Å². The molecule has 4 heterocycles. The molecule has 0 aromatic heterocycles. The fraction of sp³-hybridized carbons (Fsp3) is 0.388. The van der Waals surface area contributed by atoms with Gasteiger partial charge in [0.2, 0.25) is 11.4 Å². The summed E-state index contributed by atoms with van der Waals surface area (Å²) in [7, 11) is -8.13. The van der Waals surface area contributed by atoms with Crippen LogP contribution in [0.5, 0.6) is 11.5 Å². The maximum Gasteiger partial charge on any atom is 1.00 e. The summed E-state index contributed by atoms with van der Waals surface area (Å²) in [6.07, 6.45) is 30.8. The zero-order valence-electron chi connectivity index (χ0n) is 76.1. The van der Waals surface area contributed by atoms with Crippen molar-refractivity contribution in [2.24, 2.45) is 0 Å². The third kappa shape index (κ3) is 21.2. The molecule has 8 aromatic carbocycles. The van der Waals surface area contributed by atoms with Crippen molar-refractivity contribution in [2.45, 2.75) is 223 Å². The van der Waals surface area contributed by atoms with E-state index in [4.69, 9.17) is 14.0 Å². The van der Waals surface area contributed by atoms with E-state index in [1.165, 1.54) is 114 Å². The second-order valence-corrected chi connectivity index (χ2v) is 41.1. The molecule has 1 unspecified atom stereocenters. The first kappa shape index (κ1) is 97.8. The summed E-state index contributed by atoms with van der Waals surface area (Å²) in [6, 6.07) is 56.9. The molecule has 0 fully saturated rings. The maximum absolute atomic E-state index is 14.1. The summed E-state index contributed by atoms with van der Waals surface area (Å²) >= 11 is 0. The molecule has 0 spiro atoms. The van der Waals surface area contributed by atoms with Gasteiger partial charge in [0, 0.05) is 107 Å². The monoisotopic (exact) mass is 1760 g/mol. The summed E-state index contributed by atoms with van der Waals surface area (Å²) in [5, 5.41) is 23.6. The first-order chi connectivity index (χ1) is 58.6. The molecule has 1 N–H and O–H groups in total. The number of rotatable bonds is 31. The molecule has 0 bridgehead atoms. The van der Waals surface area contributed by atoms with Crippen LogP contribution in [0.4, 0.5) is 22.7 Å². The average molecular weight is 1760 g/mol. The van der Waals surface area contributed by atoms with Gasteiger partial charge in [-0.15, -0.1) is 0 Å². The summed E-state index contributed by atoms with van der Waals surface area (Å²) in [5.74, 6) is 2.40. The minimum absolute atomic E-state index is 0. The van der Waals surface area contributed by atoms with E-state index in [1.54, 1.807) is 24.3 Å². The van der Waals surface area contributed by atoms with Gasteiger partial charge in [-0.2, -0.15) is 14.4 Å². The van der Waals surface area contributed by atoms with Crippen LogP contribution in [0.15, 0.2) is 273 Å². The van der Waals surface area contributed by atoms with Gasteiger partial charge < -0.3 is 38.0 Å². The number of nitrogens with zero attached hydrogens (tertiary/aromatic N) is 6. The van der Waals surface area contributed by atoms with Crippen LogP contribution in [0.3, 0.4) is 0 Å². The van der Waals surface area contributed by atoms with E-state index in [1.807, 2.05) is 32.4 Å². The second kappa shape index (κ2) is 41.3. The molecule has 14 rings (SSSR count). The van der Waals surface area contributed by atoms with Crippen LogP contribution in [0.2, 0.25) is 0 Å². The standard InChI is InChI=1S/C56H69N4O6PS.C47H52N2O5S.2Na/c1-40(2)60(41(3)4)67(61,39-19-36-57)65-38-17-11-10-16-37-59-50-33-26-42-20-12-13-23-47(42)53(50)56(7,8)52(59)35-28-44-22-18-21-43(54(44)66-45-29-31-46(32-30-45)68(62,63)64)27-34-51-55(5,6)48-24-14-15-25-49(48)58(51)9;1-46(2)39-19-10-11-20-40(39)48(5)42(46)29-22-34-16-14-17-35(45(34)54-36-24-26-37(27-25-36)55(51,52)53)23-30-43-47(3,4)44-38-18-9-8-15-33(38)21-28-41(44)49(43)31-12-6-7-13-32-50;;/h12-15,20,23-35,40-41H,10-11,16-19,21-22,37-39H2,1-9H3;8-11,15,18-30,50H,6-7,12-14,16-17,31-32H2,1-5H3;;/q;;2*+1. The van der Waals surface area contributed by atoms with Gasteiger partial charge in [0.1, 0.15) is 57.3 Å². The van der Waals surface area contributed by atoms with Crippen molar-refractivity contribution in [2.75, 3.05) is 56.4 Å². The Morgan fingerprint density at radius 3 is 1.29 bits per heavy atom. The van der Waals surface area contributed by atoms with E-state index in [0.29, 0.717) is 18.1 Å². The van der Waals surface area contributed by atoms with Crippen LogP contribution in [-0.4, -0.2) is 115 Å². The van der Waals surface area contributed by atoms with Gasteiger partial charge in [-0.3, -0.25) is 4.57 Å². The number of hydrogen-bond acceptors (Lipinski definition) is 14. The molecular weight excluding hydrogens is 1640 g/mol. The van der Waals surface area contributed by atoms with Crippen LogP contribution in [-0.2, 0) is 51.0 Å². The number of para-hydroxylation sites is 2. The third-order valence-electron chi connectivity index (χ3n) is 25.5. The molecule has 0 saturated heterocycles. The van der Waals surface area contributed by atoms with E-state index in [-0.39, 0.29) is 122 Å². The molecule has 0 amide bonds. The Hall–Kier alpha value is -7.84. The minimum atomic E-state index is -4.62. The summed E-state index contributed by atoms with van der Waals surface area (Å²) in [4.78, 5) is 4.39. The Labute approximate surface area is 787 Å². The Balaban J connectivity index is 0.000000244. The predicted molar refractivity (Wildman–Crippen MR) is 496 cm³/mol. The summed E-state index contributed by atoms with van der Waals surface area (Å²) in [6.45, 7) is 28.7. The number of aliphatic hydroxyl groups is 1. The van der Waals surface area contributed by atoms with Crippen LogP contribution in [0.25, 0.3) is 21.5 Å². The van der Waals surface area contributed by atoms with Crippen LogP contribution >= 0.6 is 7.52 Å². The minimum Gasteiger partial charge on any atom is -0.744 e. The molecule has 17 nitrogen and oxygen atoms in total. The first-order valence-electron chi connectivity index (χ1n) is 43.8. The molecule has 646 valence electrons. The molecule has 4 aliphatic heterocycles. The first-order valence-corrected chi connectivity index (χ1v) is 48.3. The van der Waals surface area contributed by atoms with Gasteiger partial charge in [-0.1, -0.05) is 163 Å². The quantitative estimate of drug-likeness (QED) is 0.0140. The summed E-state index contributed by atoms with van der Waals surface area (Å²) < 4.78 is 111. The number of allylic oxidation sites excluding steroid dienone is 14. The maximum atomic E-state index is 14.1. The van der Waals surface area contributed by atoms with Crippen molar-refractivity contribution in [3.63, 3.8) is 0 Å².